The van der Waals surface area contributed by atoms with Crippen molar-refractivity contribution in [3.8, 4) is 0 Å². The molecule has 0 unspecified atom stereocenters. The number of rotatable bonds is 0. The minimum Gasteiger partial charge on any atom is -0.399 e. The molecule has 0 amide bonds. The molecular weight excluding hydrogens is 216 g/mol. The highest BCUT2D eigenvalue weighted by Crippen LogP contribution is 2.15. The number of nitrogens with two attached hydrogens (primary N) is 1. The molecular formula is C13H12N2S. The van der Waals surface area contributed by atoms with E-state index in [4.69, 9.17) is 5.73 Å². The Morgan fingerprint density at radius 3 is 2.19 bits per heavy atom. The van der Waals surface area contributed by atoms with Gasteiger partial charge in [0.2, 0.25) is 0 Å². The third-order valence-corrected chi connectivity index (χ3v) is 2.85. The number of hydrogen-bond donors (Lipinski definition) is 1. The highest BCUT2D eigenvalue weighted by Gasteiger charge is 1.89. The van der Waals surface area contributed by atoms with Gasteiger partial charge in [-0.3, -0.25) is 0 Å². The van der Waals surface area contributed by atoms with Gasteiger partial charge < -0.3 is 5.73 Å². The number of para-hydroxylation sites is 2. The fourth-order valence-corrected chi connectivity index (χ4v) is 1.93. The van der Waals surface area contributed by atoms with Gasteiger partial charge in [-0.05, 0) is 24.3 Å². The van der Waals surface area contributed by atoms with Crippen molar-refractivity contribution >= 4 is 27.2 Å². The summed E-state index contributed by atoms with van der Waals surface area (Å²) in [4.78, 5) is 4.14. The Labute approximate surface area is 98.4 Å². The Morgan fingerprint density at radius 1 is 0.875 bits per heavy atom. The molecule has 2 nitrogen and oxygen atoms in total. The van der Waals surface area contributed by atoms with E-state index in [0.717, 1.165) is 11.2 Å². The van der Waals surface area contributed by atoms with Crippen molar-refractivity contribution in [1.29, 1.82) is 0 Å². The molecule has 0 bridgehead atoms. The van der Waals surface area contributed by atoms with Crippen LogP contribution in [0.4, 0.5) is 5.69 Å². The van der Waals surface area contributed by atoms with Crippen LogP contribution in [-0.2, 0) is 0 Å². The van der Waals surface area contributed by atoms with Gasteiger partial charge in [-0.25, -0.2) is 4.98 Å². The standard InChI is InChI=1S/C7H5NS.C6H7N/c1-2-4-7-6(3-1)8-5-9-7;7-6-4-2-1-3-5-6/h1-5H;1-5H,7H2. The molecule has 0 aliphatic carbocycles. The molecule has 3 heteroatoms. The largest absolute Gasteiger partial charge is 0.399 e. The molecule has 0 saturated heterocycles. The zero-order valence-electron chi connectivity index (χ0n) is 8.71. The molecule has 2 aromatic carbocycles. The molecule has 0 atom stereocenters. The molecule has 3 rings (SSSR count). The fraction of sp³-hybridized carbons (Fsp3) is 0. The van der Waals surface area contributed by atoms with Gasteiger partial charge in [-0.1, -0.05) is 30.3 Å². The van der Waals surface area contributed by atoms with E-state index >= 15 is 0 Å². The van der Waals surface area contributed by atoms with E-state index in [1.54, 1.807) is 11.3 Å². The van der Waals surface area contributed by atoms with E-state index in [2.05, 4.69) is 11.1 Å². The number of hydrogen-bond acceptors (Lipinski definition) is 3. The molecule has 0 aliphatic rings. The normalized spacial score (nSPS) is 9.50. The zero-order valence-corrected chi connectivity index (χ0v) is 9.52. The van der Waals surface area contributed by atoms with Gasteiger partial charge in [0.05, 0.1) is 15.7 Å². The zero-order chi connectivity index (χ0) is 11.2. The first-order chi connectivity index (χ1) is 7.86. The predicted octanol–water partition coefficient (Wildman–Crippen LogP) is 3.57. The summed E-state index contributed by atoms with van der Waals surface area (Å²) in [5, 5.41) is 0. The van der Waals surface area contributed by atoms with E-state index < -0.39 is 0 Å². The van der Waals surface area contributed by atoms with Crippen molar-refractivity contribution in [3.63, 3.8) is 0 Å². The van der Waals surface area contributed by atoms with Gasteiger partial charge in [-0.2, -0.15) is 0 Å². The van der Waals surface area contributed by atoms with Crippen LogP contribution in [0.1, 0.15) is 0 Å². The van der Waals surface area contributed by atoms with Crippen LogP contribution in [0.5, 0.6) is 0 Å². The fourth-order valence-electron chi connectivity index (χ4n) is 1.26. The molecule has 0 aliphatic heterocycles. The summed E-state index contributed by atoms with van der Waals surface area (Å²) >= 11 is 1.68. The number of fused-ring (bicyclic) bond motifs is 1. The van der Waals surface area contributed by atoms with Crippen LogP contribution in [-0.4, -0.2) is 4.98 Å². The van der Waals surface area contributed by atoms with E-state index in [-0.39, 0.29) is 0 Å². The van der Waals surface area contributed by atoms with Crippen molar-refractivity contribution in [2.45, 2.75) is 0 Å². The third-order valence-electron chi connectivity index (χ3n) is 2.04. The van der Waals surface area contributed by atoms with Crippen LogP contribution in [0.15, 0.2) is 60.1 Å². The lowest BCUT2D eigenvalue weighted by Crippen LogP contribution is -1.79. The predicted molar refractivity (Wildman–Crippen MR) is 70.5 cm³/mol. The minimum absolute atomic E-state index is 0.822. The van der Waals surface area contributed by atoms with Crippen molar-refractivity contribution in [2.24, 2.45) is 0 Å². The number of aromatic nitrogens is 1. The summed E-state index contributed by atoms with van der Waals surface area (Å²) in [7, 11) is 0. The minimum atomic E-state index is 0.822. The van der Waals surface area contributed by atoms with Crippen LogP contribution in [0, 0.1) is 0 Å². The topological polar surface area (TPSA) is 38.9 Å². The molecule has 80 valence electrons. The van der Waals surface area contributed by atoms with Crippen molar-refractivity contribution in [3.05, 3.63) is 60.1 Å². The number of thiazole rings is 1. The van der Waals surface area contributed by atoms with Gasteiger partial charge in [0.25, 0.3) is 0 Å². The maximum Gasteiger partial charge on any atom is 0.0812 e. The average Bonchev–Trinajstić information content (AvgIpc) is 2.79. The number of nitrogens with zero attached hydrogens (tertiary/aromatic N) is 1. The third kappa shape index (κ3) is 2.81. The highest BCUT2D eigenvalue weighted by molar-refractivity contribution is 7.16. The highest BCUT2D eigenvalue weighted by atomic mass is 32.1. The second kappa shape index (κ2) is 5.28. The van der Waals surface area contributed by atoms with Gasteiger partial charge in [-0.15, -0.1) is 11.3 Å². The molecule has 16 heavy (non-hydrogen) atoms. The second-order valence-corrected chi connectivity index (χ2v) is 4.12. The second-order valence-electron chi connectivity index (χ2n) is 3.23. The van der Waals surface area contributed by atoms with E-state index in [1.165, 1.54) is 4.70 Å². The SMILES string of the molecule is Nc1ccccc1.c1ccc2scnc2c1. The van der Waals surface area contributed by atoms with Gasteiger partial charge in [0.15, 0.2) is 0 Å². The molecule has 0 fully saturated rings. The maximum atomic E-state index is 5.36. The molecule has 0 saturated carbocycles. The van der Waals surface area contributed by atoms with E-state index in [1.807, 2.05) is 54.0 Å². The smallest absolute Gasteiger partial charge is 0.0812 e. The van der Waals surface area contributed by atoms with Crippen LogP contribution in [0.2, 0.25) is 0 Å². The summed E-state index contributed by atoms with van der Waals surface area (Å²) in [6, 6.07) is 17.6. The Hall–Kier alpha value is -1.87. The molecule has 0 radical (unpaired) electrons. The van der Waals surface area contributed by atoms with Crippen LogP contribution in [0.25, 0.3) is 10.2 Å². The molecule has 0 spiro atoms. The summed E-state index contributed by atoms with van der Waals surface area (Å²) in [6.45, 7) is 0. The van der Waals surface area contributed by atoms with Gasteiger partial charge in [0.1, 0.15) is 0 Å². The van der Waals surface area contributed by atoms with Crippen LogP contribution < -0.4 is 5.73 Å². The Bertz CT molecular complexity index is 516. The average molecular weight is 228 g/mol. The van der Waals surface area contributed by atoms with Crippen molar-refractivity contribution in [1.82, 2.24) is 4.98 Å². The van der Waals surface area contributed by atoms with Crippen molar-refractivity contribution in [2.75, 3.05) is 5.73 Å². The Balaban J connectivity index is 0.000000125. The van der Waals surface area contributed by atoms with Gasteiger partial charge in [0, 0.05) is 5.69 Å². The molecule has 1 aromatic heterocycles. The lowest BCUT2D eigenvalue weighted by molar-refractivity contribution is 1.50. The number of benzene rings is 2. The maximum absolute atomic E-state index is 5.36. The summed E-state index contributed by atoms with van der Waals surface area (Å²) in [5.74, 6) is 0. The quantitative estimate of drug-likeness (QED) is 0.597. The van der Waals surface area contributed by atoms with E-state index in [0.29, 0.717) is 0 Å². The van der Waals surface area contributed by atoms with E-state index in [9.17, 15) is 0 Å². The first kappa shape index (κ1) is 10.6. The monoisotopic (exact) mass is 228 g/mol. The Morgan fingerprint density at radius 2 is 1.56 bits per heavy atom. The molecule has 2 N–H and O–H groups in total. The summed E-state index contributed by atoms with van der Waals surface area (Å²) < 4.78 is 1.26. The lowest BCUT2D eigenvalue weighted by atomic mass is 10.3. The first-order valence-electron chi connectivity index (χ1n) is 4.95. The van der Waals surface area contributed by atoms with Crippen molar-refractivity contribution < 1.29 is 0 Å². The van der Waals surface area contributed by atoms with Crippen LogP contribution in [0.3, 0.4) is 0 Å². The summed E-state index contributed by atoms with van der Waals surface area (Å²) in [6.07, 6.45) is 0. The Kier molecular flexibility index (Phi) is 3.51. The molecule has 1 heterocycles. The van der Waals surface area contributed by atoms with Gasteiger partial charge >= 0.3 is 0 Å². The summed E-state index contributed by atoms with van der Waals surface area (Å²) in [5.41, 5.74) is 9.14. The van der Waals surface area contributed by atoms with Crippen LogP contribution >= 0.6 is 11.3 Å². The molecule has 3 aromatic rings. The number of nitrogen functional groups attached to an aromatic ring is 1. The number of anilines is 1. The lowest BCUT2D eigenvalue weighted by Gasteiger charge is -1.83. The first-order valence-corrected chi connectivity index (χ1v) is 5.83.